The fraction of sp³-hybridized carbons (Fsp3) is 0.241. The molecule has 192 valence electrons. The average molecular weight is 563 g/mol. The van der Waals surface area contributed by atoms with Crippen LogP contribution in [0.3, 0.4) is 0 Å². The van der Waals surface area contributed by atoms with Crippen LogP contribution in [-0.4, -0.2) is 22.9 Å². The molecule has 4 aromatic rings. The predicted molar refractivity (Wildman–Crippen MR) is 142 cm³/mol. The molecule has 0 aliphatic rings. The number of methoxy groups -OCH3 is 1. The molecule has 1 aromatic heterocycles. The fourth-order valence-corrected chi connectivity index (χ4v) is 5.23. The SMILES string of the molecule is COc1ccccc1-n1nc(C(=O)[O-])c(C(Cc2cccc(Cl)c2F)c2ccc(Cl)cc2C)c1C(C)C.[Na+]. The first-order chi connectivity index (χ1) is 17.6. The molecule has 4 rings (SSSR count). The number of carboxylic acids is 1. The fourth-order valence-electron chi connectivity index (χ4n) is 4.81. The Balaban J connectivity index is 0.00000400. The summed E-state index contributed by atoms with van der Waals surface area (Å²) < 4.78 is 22.3. The van der Waals surface area contributed by atoms with Gasteiger partial charge in [-0.25, -0.2) is 9.07 Å². The van der Waals surface area contributed by atoms with Crippen LogP contribution in [-0.2, 0) is 6.42 Å². The average Bonchev–Trinajstić information content (AvgIpc) is 3.26. The van der Waals surface area contributed by atoms with Crippen LogP contribution < -0.4 is 39.4 Å². The Morgan fingerprint density at radius 3 is 2.45 bits per heavy atom. The minimum absolute atomic E-state index is 0. The molecule has 0 N–H and O–H groups in total. The zero-order valence-electron chi connectivity index (χ0n) is 21.9. The molecule has 38 heavy (non-hydrogen) atoms. The van der Waals surface area contributed by atoms with E-state index in [4.69, 9.17) is 27.9 Å². The number of nitrogens with zero attached hydrogens (tertiary/aromatic N) is 2. The molecule has 0 aliphatic heterocycles. The first kappa shape index (κ1) is 30.2. The van der Waals surface area contributed by atoms with E-state index in [0.717, 1.165) is 11.1 Å². The van der Waals surface area contributed by atoms with E-state index in [2.05, 4.69) is 5.10 Å². The second-order valence-electron chi connectivity index (χ2n) is 9.14. The molecular formula is C29H26Cl2FN2NaO3. The Labute approximate surface area is 253 Å². The van der Waals surface area contributed by atoms with Crippen LogP contribution in [0.2, 0.25) is 10.0 Å². The van der Waals surface area contributed by atoms with Crippen molar-refractivity contribution in [1.82, 2.24) is 9.78 Å². The van der Waals surface area contributed by atoms with Crippen LogP contribution in [0.25, 0.3) is 5.69 Å². The maximum absolute atomic E-state index is 15.1. The van der Waals surface area contributed by atoms with Gasteiger partial charge in [-0.2, -0.15) is 5.10 Å². The molecule has 0 radical (unpaired) electrons. The zero-order valence-corrected chi connectivity index (χ0v) is 25.4. The molecule has 0 aliphatic carbocycles. The number of aryl methyl sites for hydroxylation is 1. The van der Waals surface area contributed by atoms with Crippen molar-refractivity contribution in [3.05, 3.63) is 110 Å². The first-order valence-corrected chi connectivity index (χ1v) is 12.6. The monoisotopic (exact) mass is 562 g/mol. The molecule has 0 saturated carbocycles. The van der Waals surface area contributed by atoms with Crippen molar-refractivity contribution in [3.63, 3.8) is 0 Å². The van der Waals surface area contributed by atoms with Crippen molar-refractivity contribution < 1.29 is 48.6 Å². The molecule has 0 fully saturated rings. The maximum Gasteiger partial charge on any atom is 1.00 e. The number of rotatable bonds is 8. The Hall–Kier alpha value is -2.35. The predicted octanol–water partition coefficient (Wildman–Crippen LogP) is 3.50. The van der Waals surface area contributed by atoms with Crippen molar-refractivity contribution >= 4 is 29.2 Å². The summed E-state index contributed by atoms with van der Waals surface area (Å²) in [6.45, 7) is 5.80. The van der Waals surface area contributed by atoms with Crippen molar-refractivity contribution in [2.24, 2.45) is 0 Å². The Morgan fingerprint density at radius 2 is 1.82 bits per heavy atom. The van der Waals surface area contributed by atoms with Crippen molar-refractivity contribution in [3.8, 4) is 11.4 Å². The number of carbonyl (C=O) groups is 1. The van der Waals surface area contributed by atoms with E-state index in [9.17, 15) is 9.90 Å². The topological polar surface area (TPSA) is 67.2 Å². The van der Waals surface area contributed by atoms with Crippen molar-refractivity contribution in [2.45, 2.75) is 39.0 Å². The van der Waals surface area contributed by atoms with Gasteiger partial charge in [0.05, 0.1) is 23.8 Å². The molecule has 1 unspecified atom stereocenters. The van der Waals surface area contributed by atoms with Crippen LogP contribution in [0.5, 0.6) is 5.75 Å². The molecule has 1 heterocycles. The summed E-state index contributed by atoms with van der Waals surface area (Å²) in [7, 11) is 1.54. The number of ether oxygens (including phenoxy) is 1. The largest absolute Gasteiger partial charge is 1.00 e. The van der Waals surface area contributed by atoms with Gasteiger partial charge in [-0.15, -0.1) is 0 Å². The molecule has 9 heteroatoms. The van der Waals surface area contributed by atoms with Gasteiger partial charge in [0.15, 0.2) is 0 Å². The summed E-state index contributed by atoms with van der Waals surface area (Å²) in [4.78, 5) is 12.5. The van der Waals surface area contributed by atoms with Gasteiger partial charge >= 0.3 is 29.6 Å². The molecule has 5 nitrogen and oxygen atoms in total. The van der Waals surface area contributed by atoms with Gasteiger partial charge in [0, 0.05) is 16.5 Å². The van der Waals surface area contributed by atoms with E-state index in [1.54, 1.807) is 48.2 Å². The molecule has 3 aromatic carbocycles. The number of hydrogen-bond donors (Lipinski definition) is 0. The number of hydrogen-bond acceptors (Lipinski definition) is 4. The maximum atomic E-state index is 15.1. The summed E-state index contributed by atoms with van der Waals surface area (Å²) in [5.74, 6) is -2.17. The number of para-hydroxylation sites is 2. The third-order valence-corrected chi connectivity index (χ3v) is 6.95. The van der Waals surface area contributed by atoms with Gasteiger partial charge in [-0.3, -0.25) is 0 Å². The summed E-state index contributed by atoms with van der Waals surface area (Å²) in [5.41, 5.74) is 3.48. The quantitative estimate of drug-likeness (QED) is 0.308. The van der Waals surface area contributed by atoms with E-state index in [1.807, 2.05) is 39.0 Å². The molecule has 0 saturated heterocycles. The van der Waals surface area contributed by atoms with Crippen molar-refractivity contribution in [2.75, 3.05) is 7.11 Å². The van der Waals surface area contributed by atoms with Crippen LogP contribution in [0.1, 0.15) is 64.1 Å². The minimum atomic E-state index is -1.42. The van der Waals surface area contributed by atoms with Gasteiger partial charge < -0.3 is 14.6 Å². The van der Waals surface area contributed by atoms with Gasteiger partial charge in [0.1, 0.15) is 22.9 Å². The van der Waals surface area contributed by atoms with Gasteiger partial charge in [-0.05, 0) is 66.3 Å². The number of carbonyl (C=O) groups excluding carboxylic acids is 1. The number of benzene rings is 3. The van der Waals surface area contributed by atoms with Crippen molar-refractivity contribution in [1.29, 1.82) is 0 Å². The van der Waals surface area contributed by atoms with E-state index in [-0.39, 0.29) is 52.6 Å². The Bertz CT molecular complexity index is 1470. The molecule has 1 atom stereocenters. The Kier molecular flexibility index (Phi) is 10.1. The molecular weight excluding hydrogens is 537 g/mol. The first-order valence-electron chi connectivity index (χ1n) is 11.8. The number of aromatic nitrogens is 2. The summed E-state index contributed by atoms with van der Waals surface area (Å²) in [5, 5.41) is 17.6. The third-order valence-electron chi connectivity index (χ3n) is 6.42. The summed E-state index contributed by atoms with van der Waals surface area (Å²) >= 11 is 12.3. The number of halogens is 3. The van der Waals surface area contributed by atoms with E-state index < -0.39 is 17.7 Å². The molecule has 0 amide bonds. The van der Waals surface area contributed by atoms with Crippen LogP contribution in [0.15, 0.2) is 60.7 Å². The van der Waals surface area contributed by atoms with Gasteiger partial charge in [0.25, 0.3) is 0 Å². The number of carboxylic acid groups (broad SMARTS) is 1. The third kappa shape index (κ3) is 5.95. The van der Waals surface area contributed by atoms with Crippen LogP contribution >= 0.6 is 23.2 Å². The van der Waals surface area contributed by atoms with Crippen LogP contribution in [0, 0.1) is 12.7 Å². The van der Waals surface area contributed by atoms with E-state index in [1.165, 1.54) is 6.07 Å². The standard InChI is InChI=1S/C29H27Cl2FN2O3.Na/c1-16(2)28-25(27(29(35)36)33-34(28)23-10-5-6-11-24(23)37-4)21(20-13-12-19(30)14-17(20)3)15-18-8-7-9-22(31)26(18)32;/h5-14,16,21H,15H2,1-4H3,(H,35,36);/q;+1/p-1. The smallest absolute Gasteiger partial charge is 0.543 e. The number of aromatic carboxylic acids is 1. The van der Waals surface area contributed by atoms with Crippen LogP contribution in [0.4, 0.5) is 4.39 Å². The Morgan fingerprint density at radius 1 is 1.11 bits per heavy atom. The van der Waals surface area contributed by atoms with Gasteiger partial charge in [0.2, 0.25) is 0 Å². The second kappa shape index (κ2) is 12.7. The summed E-state index contributed by atoms with van der Waals surface area (Å²) in [6.07, 6.45) is 0.145. The molecule has 0 spiro atoms. The van der Waals surface area contributed by atoms with E-state index in [0.29, 0.717) is 33.3 Å². The van der Waals surface area contributed by atoms with E-state index >= 15 is 4.39 Å². The summed E-state index contributed by atoms with van der Waals surface area (Å²) in [6, 6.07) is 17.4. The normalized spacial score (nSPS) is 11.8. The second-order valence-corrected chi connectivity index (χ2v) is 9.99. The van der Waals surface area contributed by atoms with Gasteiger partial charge in [-0.1, -0.05) is 67.4 Å². The minimum Gasteiger partial charge on any atom is -0.543 e. The molecule has 0 bridgehead atoms. The zero-order chi connectivity index (χ0) is 26.9.